The van der Waals surface area contributed by atoms with Crippen molar-refractivity contribution in [2.75, 3.05) is 0 Å². The van der Waals surface area contributed by atoms with Crippen molar-refractivity contribution in [1.82, 2.24) is 4.72 Å². The molecule has 0 aromatic heterocycles. The van der Waals surface area contributed by atoms with Crippen molar-refractivity contribution in [1.29, 1.82) is 5.26 Å². The number of nitrogens with one attached hydrogen (secondary N) is 1. The first kappa shape index (κ1) is 15.0. The van der Waals surface area contributed by atoms with Crippen LogP contribution in [0.3, 0.4) is 0 Å². The summed E-state index contributed by atoms with van der Waals surface area (Å²) in [6.07, 6.45) is -1.12. The van der Waals surface area contributed by atoms with E-state index in [0.29, 0.717) is 19.3 Å². The molecule has 2 nitrogen and oxygen atoms in total. The average molecular weight is 292 g/mol. The molecule has 2 aliphatic rings. The van der Waals surface area contributed by atoms with E-state index in [1.807, 2.05) is 6.92 Å². The molecule has 1 saturated carbocycles. The first-order valence-electron chi connectivity index (χ1n) is 6.81. The van der Waals surface area contributed by atoms with Gasteiger partial charge in [-0.25, -0.2) is 0 Å². The van der Waals surface area contributed by atoms with Crippen molar-refractivity contribution in [3.63, 3.8) is 0 Å². The molecule has 1 aliphatic carbocycles. The average Bonchev–Trinajstić information content (AvgIpc) is 2.69. The van der Waals surface area contributed by atoms with Crippen LogP contribution in [-0.4, -0.2) is 17.5 Å². The molecular weight excluding hydrogens is 273 g/mol. The monoisotopic (exact) mass is 292 g/mol. The van der Waals surface area contributed by atoms with Gasteiger partial charge in [0.05, 0.1) is 17.9 Å². The summed E-state index contributed by atoms with van der Waals surface area (Å²) in [5, 5.41) is 9.13. The van der Waals surface area contributed by atoms with E-state index in [2.05, 4.69) is 10.8 Å². The minimum Gasteiger partial charge on any atom is -0.260 e. The first-order chi connectivity index (χ1) is 8.93. The van der Waals surface area contributed by atoms with Crippen LogP contribution >= 0.6 is 11.9 Å². The number of alkyl halides is 3. The highest BCUT2D eigenvalue weighted by Crippen LogP contribution is 2.46. The lowest BCUT2D eigenvalue weighted by Gasteiger charge is -2.34. The number of hydrogen-bond donors (Lipinski definition) is 1. The molecule has 0 aromatic rings. The summed E-state index contributed by atoms with van der Waals surface area (Å²) in [5.74, 6) is -1.66. The Bertz CT molecular complexity index is 353. The molecular formula is C13H19F3N2S. The van der Waals surface area contributed by atoms with Gasteiger partial charge in [-0.2, -0.15) is 18.4 Å². The molecule has 2 rings (SSSR count). The highest BCUT2D eigenvalue weighted by atomic mass is 32.2. The van der Waals surface area contributed by atoms with E-state index in [-0.39, 0.29) is 29.5 Å². The Kier molecular flexibility index (Phi) is 4.67. The third kappa shape index (κ3) is 3.38. The second-order valence-corrected chi connectivity index (χ2v) is 6.72. The molecule has 19 heavy (non-hydrogen) atoms. The molecule has 1 aliphatic heterocycles. The number of hydrogen-bond acceptors (Lipinski definition) is 3. The van der Waals surface area contributed by atoms with Gasteiger partial charge in [0.25, 0.3) is 0 Å². The van der Waals surface area contributed by atoms with Gasteiger partial charge in [-0.1, -0.05) is 24.8 Å². The Labute approximate surface area is 116 Å². The van der Waals surface area contributed by atoms with Crippen molar-refractivity contribution < 1.29 is 13.2 Å². The van der Waals surface area contributed by atoms with E-state index in [1.165, 1.54) is 11.9 Å². The van der Waals surface area contributed by atoms with Gasteiger partial charge in [-0.15, -0.1) is 0 Å². The molecule has 0 aromatic carbocycles. The SMILES string of the molecule is CC1NSC(CC2CCCCC2C(F)(F)F)C1C#N. The third-order valence-electron chi connectivity index (χ3n) is 4.36. The molecule has 0 radical (unpaired) electrons. The fourth-order valence-electron chi connectivity index (χ4n) is 3.27. The Morgan fingerprint density at radius 2 is 2.00 bits per heavy atom. The molecule has 2 fully saturated rings. The van der Waals surface area contributed by atoms with Crippen LogP contribution < -0.4 is 4.72 Å². The zero-order valence-electron chi connectivity index (χ0n) is 10.9. The minimum atomic E-state index is -4.09. The molecule has 0 bridgehead atoms. The molecule has 1 saturated heterocycles. The zero-order valence-corrected chi connectivity index (χ0v) is 11.7. The van der Waals surface area contributed by atoms with Crippen LogP contribution in [0.5, 0.6) is 0 Å². The second-order valence-electron chi connectivity index (χ2n) is 5.65. The van der Waals surface area contributed by atoms with Gasteiger partial charge in [0, 0.05) is 11.3 Å². The maximum Gasteiger partial charge on any atom is 0.392 e. The Hall–Kier alpha value is -0.410. The summed E-state index contributed by atoms with van der Waals surface area (Å²) in [6, 6.07) is 2.31. The zero-order chi connectivity index (χ0) is 14.0. The Morgan fingerprint density at radius 1 is 1.32 bits per heavy atom. The van der Waals surface area contributed by atoms with Gasteiger partial charge in [-0.3, -0.25) is 4.72 Å². The fourth-order valence-corrected chi connectivity index (χ4v) is 4.59. The normalized spacial score (nSPS) is 40.1. The van der Waals surface area contributed by atoms with E-state index < -0.39 is 12.1 Å². The van der Waals surface area contributed by atoms with Crippen molar-refractivity contribution in [3.05, 3.63) is 0 Å². The Balaban J connectivity index is 2.02. The maximum absolute atomic E-state index is 13.0. The van der Waals surface area contributed by atoms with Gasteiger partial charge in [0.15, 0.2) is 0 Å². The summed E-state index contributed by atoms with van der Waals surface area (Å²) in [6.45, 7) is 1.92. The number of rotatable bonds is 2. The molecule has 1 heterocycles. The highest BCUT2D eigenvalue weighted by Gasteiger charge is 2.47. The predicted octanol–water partition coefficient (Wildman–Crippen LogP) is 3.89. The van der Waals surface area contributed by atoms with Crippen LogP contribution in [0, 0.1) is 29.1 Å². The lowest BCUT2D eigenvalue weighted by atomic mass is 9.75. The summed E-state index contributed by atoms with van der Waals surface area (Å²) in [5.41, 5.74) is 0. The second kappa shape index (κ2) is 5.92. The van der Waals surface area contributed by atoms with E-state index in [1.54, 1.807) is 0 Å². The van der Waals surface area contributed by atoms with E-state index in [9.17, 15) is 13.2 Å². The number of nitriles is 1. The third-order valence-corrected chi connectivity index (χ3v) is 5.65. The summed E-state index contributed by atoms with van der Waals surface area (Å²) in [4.78, 5) is 0. The fraction of sp³-hybridized carbons (Fsp3) is 0.923. The van der Waals surface area contributed by atoms with Crippen molar-refractivity contribution in [2.45, 2.75) is 56.5 Å². The quantitative estimate of drug-likeness (QED) is 0.784. The van der Waals surface area contributed by atoms with Crippen LogP contribution in [0.2, 0.25) is 0 Å². The van der Waals surface area contributed by atoms with Crippen molar-refractivity contribution in [3.8, 4) is 6.07 Å². The summed E-state index contributed by atoms with van der Waals surface area (Å²) >= 11 is 1.45. The topological polar surface area (TPSA) is 35.8 Å². The maximum atomic E-state index is 13.0. The first-order valence-corrected chi connectivity index (χ1v) is 7.69. The van der Waals surface area contributed by atoms with Crippen LogP contribution in [0.4, 0.5) is 13.2 Å². The molecule has 6 heteroatoms. The van der Waals surface area contributed by atoms with Crippen molar-refractivity contribution >= 4 is 11.9 Å². The van der Waals surface area contributed by atoms with E-state index in [4.69, 9.17) is 5.26 Å². The predicted molar refractivity (Wildman–Crippen MR) is 69.2 cm³/mol. The standard InChI is InChI=1S/C13H19F3N2S/c1-8-10(7-17)12(19-18-8)6-9-4-2-3-5-11(9)13(14,15)16/h8-12,18H,2-6H2,1H3. The largest absolute Gasteiger partial charge is 0.392 e. The lowest BCUT2D eigenvalue weighted by Crippen LogP contribution is -2.35. The van der Waals surface area contributed by atoms with Gasteiger partial charge in [0.1, 0.15) is 0 Å². The molecule has 5 unspecified atom stereocenters. The summed E-state index contributed by atoms with van der Waals surface area (Å²) in [7, 11) is 0. The summed E-state index contributed by atoms with van der Waals surface area (Å²) < 4.78 is 42.2. The minimum absolute atomic E-state index is 0.00653. The van der Waals surface area contributed by atoms with Crippen LogP contribution in [0.25, 0.3) is 0 Å². The van der Waals surface area contributed by atoms with Gasteiger partial charge in [0.2, 0.25) is 0 Å². The molecule has 108 valence electrons. The number of nitrogens with zero attached hydrogens (tertiary/aromatic N) is 1. The van der Waals surface area contributed by atoms with Gasteiger partial charge < -0.3 is 0 Å². The van der Waals surface area contributed by atoms with Gasteiger partial charge in [-0.05, 0) is 32.1 Å². The molecule has 0 spiro atoms. The van der Waals surface area contributed by atoms with Crippen LogP contribution in [0.15, 0.2) is 0 Å². The molecule has 5 atom stereocenters. The lowest BCUT2D eigenvalue weighted by molar-refractivity contribution is -0.196. The van der Waals surface area contributed by atoms with E-state index in [0.717, 1.165) is 6.42 Å². The number of halogens is 3. The highest BCUT2D eigenvalue weighted by molar-refractivity contribution is 7.98. The molecule has 1 N–H and O–H groups in total. The van der Waals surface area contributed by atoms with Crippen LogP contribution in [0.1, 0.15) is 39.0 Å². The smallest absolute Gasteiger partial charge is 0.260 e. The molecule has 0 amide bonds. The Morgan fingerprint density at radius 3 is 2.63 bits per heavy atom. The van der Waals surface area contributed by atoms with Crippen LogP contribution in [-0.2, 0) is 0 Å². The van der Waals surface area contributed by atoms with Crippen molar-refractivity contribution in [2.24, 2.45) is 17.8 Å². The van der Waals surface area contributed by atoms with E-state index >= 15 is 0 Å². The van der Waals surface area contributed by atoms with Gasteiger partial charge >= 0.3 is 6.18 Å².